The van der Waals surface area contributed by atoms with E-state index < -0.39 is 6.10 Å². The van der Waals surface area contributed by atoms with Crippen LogP contribution in [-0.4, -0.2) is 65.4 Å². The summed E-state index contributed by atoms with van der Waals surface area (Å²) < 4.78 is 12.8. The highest BCUT2D eigenvalue weighted by Crippen LogP contribution is 2.34. The van der Waals surface area contributed by atoms with Crippen molar-refractivity contribution in [3.63, 3.8) is 0 Å². The maximum atomic E-state index is 13.4. The van der Waals surface area contributed by atoms with E-state index in [4.69, 9.17) is 9.47 Å². The van der Waals surface area contributed by atoms with Gasteiger partial charge in [-0.25, -0.2) is 0 Å². The number of nitrogens with zero attached hydrogens (tertiary/aromatic N) is 4. The second-order valence-electron chi connectivity index (χ2n) is 7.70. The number of rotatable bonds is 3. The fourth-order valence-electron chi connectivity index (χ4n) is 4.09. The van der Waals surface area contributed by atoms with Crippen molar-refractivity contribution >= 4 is 28.4 Å². The summed E-state index contributed by atoms with van der Waals surface area (Å²) >= 11 is 0. The van der Waals surface area contributed by atoms with Gasteiger partial charge < -0.3 is 19.3 Å². The van der Waals surface area contributed by atoms with Gasteiger partial charge in [-0.05, 0) is 24.3 Å². The lowest BCUT2D eigenvalue weighted by Crippen LogP contribution is -2.54. The van der Waals surface area contributed by atoms with E-state index in [2.05, 4.69) is 5.10 Å². The van der Waals surface area contributed by atoms with Crippen molar-refractivity contribution in [2.24, 2.45) is 0 Å². The molecule has 0 unspecified atom stereocenters. The smallest absolute Gasteiger partial charge is 0.265 e. The number of carbonyl (C=O) groups is 2. The Kier molecular flexibility index (Phi) is 5.32. The number of aromatic nitrogens is 2. The van der Waals surface area contributed by atoms with Gasteiger partial charge in [-0.15, -0.1) is 0 Å². The van der Waals surface area contributed by atoms with Crippen LogP contribution in [0.4, 0.5) is 5.69 Å². The first-order chi connectivity index (χ1) is 15.6. The van der Waals surface area contributed by atoms with Gasteiger partial charge in [0.2, 0.25) is 11.3 Å². The number of anilines is 1. The monoisotopic (exact) mass is 434 g/mol. The molecule has 2 aliphatic heterocycles. The number of benzene rings is 2. The van der Waals surface area contributed by atoms with E-state index in [1.54, 1.807) is 52.3 Å². The van der Waals surface area contributed by atoms with E-state index >= 15 is 0 Å². The Morgan fingerprint density at radius 1 is 1.03 bits per heavy atom. The maximum absolute atomic E-state index is 13.4. The Labute approximate surface area is 183 Å². The van der Waals surface area contributed by atoms with E-state index in [9.17, 15) is 14.4 Å². The van der Waals surface area contributed by atoms with Crippen LogP contribution in [0.5, 0.6) is 5.75 Å². The molecule has 3 aromatic rings. The number of fused-ring (bicyclic) bond motifs is 2. The van der Waals surface area contributed by atoms with Gasteiger partial charge in [0.05, 0.1) is 37.2 Å². The zero-order valence-corrected chi connectivity index (χ0v) is 17.3. The molecule has 3 heterocycles. The minimum atomic E-state index is -0.800. The molecule has 2 amide bonds. The van der Waals surface area contributed by atoms with Crippen LogP contribution in [0.15, 0.2) is 59.5 Å². The second-order valence-corrected chi connectivity index (χ2v) is 7.70. The summed E-state index contributed by atoms with van der Waals surface area (Å²) in [7, 11) is 0. The van der Waals surface area contributed by atoms with Crippen molar-refractivity contribution in [3.05, 3.63) is 65.0 Å². The number of carbonyl (C=O) groups excluding carboxylic acids is 2. The van der Waals surface area contributed by atoms with Crippen LogP contribution in [0.25, 0.3) is 10.9 Å². The van der Waals surface area contributed by atoms with Crippen LogP contribution >= 0.6 is 0 Å². The van der Waals surface area contributed by atoms with Gasteiger partial charge in [-0.2, -0.15) is 5.10 Å². The molecule has 1 saturated heterocycles. The van der Waals surface area contributed by atoms with Crippen LogP contribution in [0.3, 0.4) is 0 Å². The summed E-state index contributed by atoms with van der Waals surface area (Å²) in [6.45, 7) is 2.01. The molecule has 1 atom stereocenters. The van der Waals surface area contributed by atoms with Crippen molar-refractivity contribution in [2.45, 2.75) is 12.6 Å². The van der Waals surface area contributed by atoms with E-state index in [0.717, 1.165) is 0 Å². The average Bonchev–Trinajstić information content (AvgIpc) is 2.85. The fraction of sp³-hybridized carbons (Fsp3) is 0.304. The van der Waals surface area contributed by atoms with E-state index in [1.807, 2.05) is 6.07 Å². The van der Waals surface area contributed by atoms with Crippen LogP contribution in [0.1, 0.15) is 0 Å². The summed E-state index contributed by atoms with van der Waals surface area (Å²) in [5, 5.41) is 4.66. The van der Waals surface area contributed by atoms with E-state index in [-0.39, 0.29) is 30.3 Å². The first-order valence-corrected chi connectivity index (χ1v) is 10.5. The van der Waals surface area contributed by atoms with E-state index in [1.165, 1.54) is 10.9 Å². The number of morpholine rings is 1. The van der Waals surface area contributed by atoms with Gasteiger partial charge in [0.15, 0.2) is 6.10 Å². The van der Waals surface area contributed by atoms with Gasteiger partial charge >= 0.3 is 0 Å². The lowest BCUT2D eigenvalue weighted by atomic mass is 10.1. The third kappa shape index (κ3) is 3.71. The largest absolute Gasteiger partial charge is 0.476 e. The fourth-order valence-corrected chi connectivity index (χ4v) is 4.09. The third-order valence-corrected chi connectivity index (χ3v) is 5.72. The van der Waals surface area contributed by atoms with Gasteiger partial charge in [0, 0.05) is 18.5 Å². The molecule has 32 heavy (non-hydrogen) atoms. The highest BCUT2D eigenvalue weighted by molar-refractivity contribution is 5.97. The molecule has 2 aliphatic rings. The van der Waals surface area contributed by atoms with Gasteiger partial charge in [-0.1, -0.05) is 24.3 Å². The molecule has 0 aliphatic carbocycles. The second kappa shape index (κ2) is 8.43. The molecule has 0 N–H and O–H groups in total. The topological polar surface area (TPSA) is 94.0 Å². The molecular formula is C23H22N4O5. The van der Waals surface area contributed by atoms with Crippen LogP contribution in [0.2, 0.25) is 0 Å². The van der Waals surface area contributed by atoms with Crippen molar-refractivity contribution < 1.29 is 19.1 Å². The van der Waals surface area contributed by atoms with Crippen molar-refractivity contribution in [3.8, 4) is 5.75 Å². The Hall–Kier alpha value is -3.72. The summed E-state index contributed by atoms with van der Waals surface area (Å²) in [5.74, 6) is 0.0748. The number of hydrogen-bond acceptors (Lipinski definition) is 6. The molecule has 9 heteroatoms. The third-order valence-electron chi connectivity index (χ3n) is 5.72. The SMILES string of the molecule is O=C([C@@H]1CN(C(=O)Cn2ncc(=O)c3ccccc32)c2ccccc2O1)N1CCOCC1. The van der Waals surface area contributed by atoms with Gasteiger partial charge in [0.1, 0.15) is 12.3 Å². The lowest BCUT2D eigenvalue weighted by molar-refractivity contribution is -0.142. The highest BCUT2D eigenvalue weighted by atomic mass is 16.5. The normalized spacial score (nSPS) is 18.2. The van der Waals surface area contributed by atoms with Gasteiger partial charge in [-0.3, -0.25) is 19.1 Å². The zero-order valence-electron chi connectivity index (χ0n) is 17.3. The van der Waals surface area contributed by atoms with Crippen LogP contribution < -0.4 is 15.1 Å². The standard InChI is InChI=1S/C23H22N4O5/c28-19-13-24-27(17-6-2-1-5-16(17)19)15-22(29)26-14-21(23(30)25-9-11-31-12-10-25)32-20-8-4-3-7-18(20)26/h1-8,13,21H,9-12,14-15H2/t21-/m0/s1. The molecule has 0 bridgehead atoms. The minimum absolute atomic E-state index is 0.0758. The summed E-state index contributed by atoms with van der Waals surface area (Å²) in [4.78, 5) is 41.8. The lowest BCUT2D eigenvalue weighted by Gasteiger charge is -2.37. The Morgan fingerprint density at radius 2 is 1.78 bits per heavy atom. The molecule has 0 radical (unpaired) electrons. The molecule has 1 aromatic heterocycles. The predicted octanol–water partition coefficient (Wildman–Crippen LogP) is 1.05. The van der Waals surface area contributed by atoms with Crippen molar-refractivity contribution in [1.82, 2.24) is 14.7 Å². The minimum Gasteiger partial charge on any atom is -0.476 e. The molecule has 164 valence electrons. The Bertz CT molecular complexity index is 1230. The van der Waals surface area contributed by atoms with Crippen LogP contribution in [0, 0.1) is 0 Å². The molecule has 0 saturated carbocycles. The number of para-hydroxylation sites is 3. The molecule has 5 rings (SSSR count). The molecule has 9 nitrogen and oxygen atoms in total. The van der Waals surface area contributed by atoms with E-state index in [0.29, 0.717) is 48.6 Å². The number of ether oxygens (including phenoxy) is 2. The maximum Gasteiger partial charge on any atom is 0.265 e. The molecule has 0 spiro atoms. The summed E-state index contributed by atoms with van der Waals surface area (Å²) in [6.07, 6.45) is 0.416. The molecule has 2 aromatic carbocycles. The first kappa shape index (κ1) is 20.2. The summed E-state index contributed by atoms with van der Waals surface area (Å²) in [5.41, 5.74) is 0.988. The zero-order chi connectivity index (χ0) is 22.1. The van der Waals surface area contributed by atoms with Crippen molar-refractivity contribution in [1.29, 1.82) is 0 Å². The number of amides is 2. The Morgan fingerprint density at radius 3 is 2.62 bits per heavy atom. The first-order valence-electron chi connectivity index (χ1n) is 10.5. The quantitative estimate of drug-likeness (QED) is 0.612. The van der Waals surface area contributed by atoms with Crippen molar-refractivity contribution in [2.75, 3.05) is 37.7 Å². The van der Waals surface area contributed by atoms with Crippen LogP contribution in [-0.2, 0) is 20.9 Å². The number of hydrogen-bond donors (Lipinski definition) is 0. The predicted molar refractivity (Wildman–Crippen MR) is 117 cm³/mol. The molecule has 1 fully saturated rings. The Balaban J connectivity index is 1.44. The average molecular weight is 434 g/mol. The van der Waals surface area contributed by atoms with Gasteiger partial charge in [0.25, 0.3) is 5.91 Å². The molecular weight excluding hydrogens is 412 g/mol. The highest BCUT2D eigenvalue weighted by Gasteiger charge is 2.36. The summed E-state index contributed by atoms with van der Waals surface area (Å²) in [6, 6.07) is 14.2.